The maximum absolute atomic E-state index is 11.1. The number of carbonyl (C=O) groups is 2. The zero-order valence-corrected chi connectivity index (χ0v) is 9.14. The highest BCUT2D eigenvalue weighted by Crippen LogP contribution is 2.25. The fourth-order valence-electron chi connectivity index (χ4n) is 2.20. The molecule has 1 heterocycles. The van der Waals surface area contributed by atoms with E-state index in [9.17, 15) is 9.59 Å². The third-order valence-electron chi connectivity index (χ3n) is 3.13. The van der Waals surface area contributed by atoms with E-state index in [0.29, 0.717) is 6.54 Å². The minimum Gasteiger partial charge on any atom is -0.480 e. The molecule has 0 saturated carbocycles. The van der Waals surface area contributed by atoms with Crippen molar-refractivity contribution in [2.75, 3.05) is 6.54 Å². The van der Waals surface area contributed by atoms with Crippen LogP contribution >= 0.6 is 0 Å². The summed E-state index contributed by atoms with van der Waals surface area (Å²) in [6.07, 6.45) is 1.81. The smallest absolute Gasteiger partial charge is 0.321 e. The van der Waals surface area contributed by atoms with Gasteiger partial charge in [0, 0.05) is 0 Å². The van der Waals surface area contributed by atoms with Crippen LogP contribution in [-0.4, -0.2) is 40.5 Å². The first kappa shape index (κ1) is 12.0. The summed E-state index contributed by atoms with van der Waals surface area (Å²) in [4.78, 5) is 23.9. The Kier molecular flexibility index (Phi) is 3.68. The fourth-order valence-corrected chi connectivity index (χ4v) is 2.20. The first-order chi connectivity index (χ1) is 6.95. The molecule has 3 atom stereocenters. The number of carboxylic acids is 1. The van der Waals surface area contributed by atoms with Crippen molar-refractivity contribution in [3.05, 3.63) is 0 Å². The monoisotopic (exact) mass is 214 g/mol. The summed E-state index contributed by atoms with van der Waals surface area (Å²) in [6.45, 7) is 4.19. The third kappa shape index (κ3) is 2.47. The summed E-state index contributed by atoms with van der Waals surface area (Å²) in [5.41, 5.74) is 5.20. The minimum absolute atomic E-state index is 0.0676. The summed E-state index contributed by atoms with van der Waals surface area (Å²) < 4.78 is 0. The molecule has 3 unspecified atom stereocenters. The van der Waals surface area contributed by atoms with Crippen LogP contribution in [0.5, 0.6) is 0 Å². The summed E-state index contributed by atoms with van der Waals surface area (Å²) in [7, 11) is 0. The maximum atomic E-state index is 11.1. The Balaban J connectivity index is 2.83. The van der Waals surface area contributed by atoms with Crippen molar-refractivity contribution >= 4 is 11.9 Å². The Bertz CT molecular complexity index is 267. The van der Waals surface area contributed by atoms with Crippen LogP contribution in [-0.2, 0) is 9.59 Å². The average Bonchev–Trinajstić information content (AvgIpc) is 2.15. The summed E-state index contributed by atoms with van der Waals surface area (Å²) in [6, 6.07) is -1.09. The number of rotatable bonds is 3. The SMILES string of the molecule is CC1CCCN(C(C)C(N)=O)C1C(=O)O. The highest BCUT2D eigenvalue weighted by Gasteiger charge is 2.37. The van der Waals surface area contributed by atoms with E-state index in [1.807, 2.05) is 6.92 Å². The van der Waals surface area contributed by atoms with Gasteiger partial charge in [-0.3, -0.25) is 14.5 Å². The van der Waals surface area contributed by atoms with Gasteiger partial charge in [0.1, 0.15) is 6.04 Å². The quantitative estimate of drug-likeness (QED) is 0.695. The van der Waals surface area contributed by atoms with E-state index in [4.69, 9.17) is 10.8 Å². The first-order valence-electron chi connectivity index (χ1n) is 5.23. The molecule has 0 bridgehead atoms. The predicted octanol–water partition coefficient (Wildman–Crippen LogP) is 0.0453. The topological polar surface area (TPSA) is 83.6 Å². The van der Waals surface area contributed by atoms with E-state index < -0.39 is 24.0 Å². The van der Waals surface area contributed by atoms with Crippen molar-refractivity contribution in [2.24, 2.45) is 11.7 Å². The molecule has 1 amide bonds. The Labute approximate surface area is 89.2 Å². The Morgan fingerprint density at radius 2 is 2.13 bits per heavy atom. The van der Waals surface area contributed by atoms with Crippen molar-refractivity contribution in [1.29, 1.82) is 0 Å². The van der Waals surface area contributed by atoms with Crippen molar-refractivity contribution in [1.82, 2.24) is 4.90 Å². The number of aliphatic carboxylic acids is 1. The van der Waals surface area contributed by atoms with Crippen molar-refractivity contribution in [2.45, 2.75) is 38.8 Å². The van der Waals surface area contributed by atoms with E-state index >= 15 is 0 Å². The van der Waals surface area contributed by atoms with Gasteiger partial charge in [-0.1, -0.05) is 6.92 Å². The predicted molar refractivity (Wildman–Crippen MR) is 55.2 cm³/mol. The van der Waals surface area contributed by atoms with Gasteiger partial charge in [-0.05, 0) is 32.2 Å². The zero-order valence-electron chi connectivity index (χ0n) is 9.14. The normalized spacial score (nSPS) is 29.7. The number of nitrogens with zero attached hydrogens (tertiary/aromatic N) is 1. The average molecular weight is 214 g/mol. The highest BCUT2D eigenvalue weighted by atomic mass is 16.4. The van der Waals surface area contributed by atoms with Crippen LogP contribution in [0.3, 0.4) is 0 Å². The van der Waals surface area contributed by atoms with Crippen LogP contribution in [0.25, 0.3) is 0 Å². The molecule has 5 heteroatoms. The highest BCUT2D eigenvalue weighted by molar-refractivity contribution is 5.81. The molecular weight excluding hydrogens is 196 g/mol. The molecule has 86 valence electrons. The number of nitrogens with two attached hydrogens (primary N) is 1. The third-order valence-corrected chi connectivity index (χ3v) is 3.13. The lowest BCUT2D eigenvalue weighted by Crippen LogP contribution is -2.56. The molecule has 0 spiro atoms. The number of likely N-dealkylation sites (tertiary alicyclic amines) is 1. The molecule has 1 fully saturated rings. The van der Waals surface area contributed by atoms with E-state index in [2.05, 4.69) is 0 Å². The second kappa shape index (κ2) is 4.61. The van der Waals surface area contributed by atoms with E-state index in [0.717, 1.165) is 12.8 Å². The Morgan fingerprint density at radius 1 is 1.53 bits per heavy atom. The lowest BCUT2D eigenvalue weighted by Gasteiger charge is -2.39. The molecule has 0 aromatic heterocycles. The summed E-state index contributed by atoms with van der Waals surface area (Å²) in [5.74, 6) is -1.26. The molecular formula is C10H18N2O3. The van der Waals surface area contributed by atoms with E-state index in [1.165, 1.54) is 0 Å². The number of carbonyl (C=O) groups excluding carboxylic acids is 1. The van der Waals surface area contributed by atoms with Gasteiger partial charge < -0.3 is 10.8 Å². The Hall–Kier alpha value is -1.10. The molecule has 0 aromatic carbocycles. The van der Waals surface area contributed by atoms with Gasteiger partial charge in [0.15, 0.2) is 0 Å². The van der Waals surface area contributed by atoms with Gasteiger partial charge in [0.25, 0.3) is 0 Å². The number of carboxylic acid groups (broad SMARTS) is 1. The lowest BCUT2D eigenvalue weighted by atomic mass is 9.89. The second-order valence-electron chi connectivity index (χ2n) is 4.22. The van der Waals surface area contributed by atoms with Crippen LogP contribution in [0.2, 0.25) is 0 Å². The molecule has 0 aromatic rings. The lowest BCUT2D eigenvalue weighted by molar-refractivity contribution is -0.149. The maximum Gasteiger partial charge on any atom is 0.321 e. The number of hydrogen-bond donors (Lipinski definition) is 2. The summed E-state index contributed by atoms with van der Waals surface area (Å²) in [5, 5.41) is 9.12. The molecule has 5 nitrogen and oxygen atoms in total. The number of amides is 1. The second-order valence-corrected chi connectivity index (χ2v) is 4.22. The van der Waals surface area contributed by atoms with Gasteiger partial charge in [-0.15, -0.1) is 0 Å². The summed E-state index contributed by atoms with van der Waals surface area (Å²) >= 11 is 0. The van der Waals surface area contributed by atoms with E-state index in [1.54, 1.807) is 11.8 Å². The molecule has 1 aliphatic heterocycles. The van der Waals surface area contributed by atoms with Crippen LogP contribution in [0.15, 0.2) is 0 Å². The number of primary amides is 1. The number of piperidine rings is 1. The van der Waals surface area contributed by atoms with Crippen molar-refractivity contribution in [3.8, 4) is 0 Å². The van der Waals surface area contributed by atoms with Crippen LogP contribution < -0.4 is 5.73 Å². The fraction of sp³-hybridized carbons (Fsp3) is 0.800. The van der Waals surface area contributed by atoms with Gasteiger partial charge >= 0.3 is 5.97 Å². The molecule has 15 heavy (non-hydrogen) atoms. The largest absolute Gasteiger partial charge is 0.480 e. The van der Waals surface area contributed by atoms with Gasteiger partial charge in [0.05, 0.1) is 6.04 Å². The molecule has 1 aliphatic rings. The van der Waals surface area contributed by atoms with Crippen molar-refractivity contribution in [3.63, 3.8) is 0 Å². The molecule has 1 saturated heterocycles. The zero-order chi connectivity index (χ0) is 11.6. The first-order valence-corrected chi connectivity index (χ1v) is 5.23. The van der Waals surface area contributed by atoms with Crippen LogP contribution in [0.4, 0.5) is 0 Å². The molecule has 1 rings (SSSR count). The molecule has 0 radical (unpaired) electrons. The minimum atomic E-state index is -0.865. The van der Waals surface area contributed by atoms with Gasteiger partial charge in [-0.2, -0.15) is 0 Å². The molecule has 3 N–H and O–H groups in total. The molecule has 0 aliphatic carbocycles. The van der Waals surface area contributed by atoms with Gasteiger partial charge in [-0.25, -0.2) is 0 Å². The Morgan fingerprint density at radius 3 is 2.60 bits per heavy atom. The number of hydrogen-bond acceptors (Lipinski definition) is 3. The van der Waals surface area contributed by atoms with Gasteiger partial charge in [0.2, 0.25) is 5.91 Å². The van der Waals surface area contributed by atoms with E-state index in [-0.39, 0.29) is 5.92 Å². The standard InChI is InChI=1S/C10H18N2O3/c1-6-4-3-5-12(7(2)9(11)13)8(6)10(14)15/h6-8H,3-5H2,1-2H3,(H2,11,13)(H,14,15). The van der Waals surface area contributed by atoms with Crippen molar-refractivity contribution < 1.29 is 14.7 Å². The van der Waals surface area contributed by atoms with Crippen LogP contribution in [0.1, 0.15) is 26.7 Å². The van der Waals surface area contributed by atoms with Crippen LogP contribution in [0, 0.1) is 5.92 Å².